The number of rotatable bonds is 2. The van der Waals surface area contributed by atoms with Crippen molar-refractivity contribution in [1.82, 2.24) is 15.2 Å². The molecule has 0 radical (unpaired) electrons. The molecule has 4 rings (SSSR count). The Morgan fingerprint density at radius 1 is 1.12 bits per heavy atom. The summed E-state index contributed by atoms with van der Waals surface area (Å²) in [6.45, 7) is 3.61. The molecule has 142 valence electrons. The van der Waals surface area contributed by atoms with Crippen molar-refractivity contribution >= 4 is 52.3 Å². The van der Waals surface area contributed by atoms with Gasteiger partial charge in [-0.2, -0.15) is 0 Å². The zero-order valence-electron chi connectivity index (χ0n) is 14.6. The van der Waals surface area contributed by atoms with Gasteiger partial charge in [0.1, 0.15) is 0 Å². The van der Waals surface area contributed by atoms with Gasteiger partial charge in [0.15, 0.2) is 0 Å². The molecule has 1 aromatic carbocycles. The van der Waals surface area contributed by atoms with E-state index in [0.29, 0.717) is 5.91 Å². The topological polar surface area (TPSA) is 45.2 Å². The first-order valence-corrected chi connectivity index (χ1v) is 9.64. The number of nitrogens with zero attached hydrogens (tertiary/aromatic N) is 2. The molecule has 0 bridgehead atoms. The number of amides is 1. The average molecular weight is 414 g/mol. The molecule has 0 saturated carbocycles. The summed E-state index contributed by atoms with van der Waals surface area (Å²) in [6.07, 6.45) is 7.18. The molecule has 1 amide bonds. The van der Waals surface area contributed by atoms with Crippen LogP contribution >= 0.6 is 36.2 Å². The van der Waals surface area contributed by atoms with Crippen molar-refractivity contribution in [3.63, 3.8) is 0 Å². The third kappa shape index (κ3) is 4.39. The van der Waals surface area contributed by atoms with Crippen LogP contribution < -0.4 is 5.32 Å². The predicted octanol–water partition coefficient (Wildman–Crippen LogP) is 4.01. The number of hydrogen-bond acceptors (Lipinski definition) is 4. The van der Waals surface area contributed by atoms with Crippen LogP contribution in [0, 0.1) is 5.92 Å². The number of thiazole rings is 1. The number of carbonyl (C=O) groups excluding carboxylic acids is 1. The molecule has 2 atom stereocenters. The van der Waals surface area contributed by atoms with Crippen LogP contribution in [-0.2, 0) is 4.79 Å². The molecule has 2 aromatic rings. The summed E-state index contributed by atoms with van der Waals surface area (Å²) in [5.74, 6) is 0.567. The lowest BCUT2D eigenvalue weighted by molar-refractivity contribution is -0.136. The fraction of sp³-hybridized carbons (Fsp3) is 0.474. The van der Waals surface area contributed by atoms with Crippen molar-refractivity contribution in [3.8, 4) is 0 Å². The third-order valence-electron chi connectivity index (χ3n) is 5.03. The quantitative estimate of drug-likeness (QED) is 0.756. The lowest BCUT2D eigenvalue weighted by atomic mass is 9.82. The zero-order chi connectivity index (χ0) is 16.4. The molecule has 2 aliphatic rings. The van der Waals surface area contributed by atoms with Gasteiger partial charge in [-0.25, -0.2) is 4.98 Å². The standard InChI is InChI=1S/C19H23N3OS.2ClH/c23-19(22-12-5-10-20-11-13-22)15-7-2-1-6-14(15)18-21-16-8-3-4-9-17(16)24-18;;/h1-4,8-9,14-15,20H,5-7,10-13H2;2*1H. The molecule has 4 nitrogen and oxygen atoms in total. The molecular weight excluding hydrogens is 389 g/mol. The molecule has 26 heavy (non-hydrogen) atoms. The fourth-order valence-corrected chi connectivity index (χ4v) is 4.86. The van der Waals surface area contributed by atoms with Gasteiger partial charge in [0.2, 0.25) is 5.91 Å². The maximum atomic E-state index is 13.1. The van der Waals surface area contributed by atoms with Crippen LogP contribution in [0.1, 0.15) is 30.2 Å². The van der Waals surface area contributed by atoms with Crippen LogP contribution in [-0.4, -0.2) is 42.0 Å². The molecule has 2 unspecified atom stereocenters. The number of aromatic nitrogens is 1. The molecule has 1 aromatic heterocycles. The molecule has 0 spiro atoms. The van der Waals surface area contributed by atoms with Crippen LogP contribution in [0.3, 0.4) is 0 Å². The molecule has 1 aliphatic carbocycles. The lowest BCUT2D eigenvalue weighted by Crippen LogP contribution is -2.40. The molecular formula is C19H25Cl2N3OS. The van der Waals surface area contributed by atoms with Gasteiger partial charge in [-0.3, -0.25) is 4.79 Å². The smallest absolute Gasteiger partial charge is 0.226 e. The Hall–Kier alpha value is -1.14. The van der Waals surface area contributed by atoms with E-state index < -0.39 is 0 Å². The van der Waals surface area contributed by atoms with Crippen LogP contribution in [0.4, 0.5) is 0 Å². The highest BCUT2D eigenvalue weighted by Crippen LogP contribution is 2.39. The van der Waals surface area contributed by atoms with Gasteiger partial charge in [-0.05, 0) is 37.9 Å². The molecule has 1 fully saturated rings. The summed E-state index contributed by atoms with van der Waals surface area (Å²) in [5, 5.41) is 4.49. The minimum Gasteiger partial charge on any atom is -0.341 e. The maximum absolute atomic E-state index is 13.1. The highest BCUT2D eigenvalue weighted by Gasteiger charge is 2.34. The Bertz CT molecular complexity index is 723. The maximum Gasteiger partial charge on any atom is 0.226 e. The minimum atomic E-state index is 0. The van der Waals surface area contributed by atoms with Crippen molar-refractivity contribution in [1.29, 1.82) is 0 Å². The Morgan fingerprint density at radius 3 is 2.77 bits per heavy atom. The van der Waals surface area contributed by atoms with Crippen molar-refractivity contribution in [2.75, 3.05) is 26.2 Å². The zero-order valence-corrected chi connectivity index (χ0v) is 17.0. The largest absolute Gasteiger partial charge is 0.341 e. The van der Waals surface area contributed by atoms with Gasteiger partial charge in [0.05, 0.1) is 21.1 Å². The summed E-state index contributed by atoms with van der Waals surface area (Å²) in [7, 11) is 0. The second kappa shape index (κ2) is 9.70. The number of allylic oxidation sites excluding steroid dienone is 2. The summed E-state index contributed by atoms with van der Waals surface area (Å²) in [4.78, 5) is 20.0. The van der Waals surface area contributed by atoms with E-state index in [4.69, 9.17) is 4.98 Å². The SMILES string of the molecule is Cl.Cl.O=C(C1CC=CCC1c1nc2ccccc2s1)N1CCCNCC1. The van der Waals surface area contributed by atoms with Crippen molar-refractivity contribution in [2.24, 2.45) is 5.92 Å². The third-order valence-corrected chi connectivity index (χ3v) is 6.20. The first kappa shape index (κ1) is 21.2. The Balaban J connectivity index is 0.00000121. The van der Waals surface area contributed by atoms with Gasteiger partial charge in [0.25, 0.3) is 0 Å². The number of para-hydroxylation sites is 1. The van der Waals surface area contributed by atoms with Crippen molar-refractivity contribution in [3.05, 3.63) is 41.4 Å². The Kier molecular flexibility index (Phi) is 7.89. The van der Waals surface area contributed by atoms with E-state index in [2.05, 4.69) is 40.6 Å². The van der Waals surface area contributed by atoms with Gasteiger partial charge in [-0.15, -0.1) is 36.2 Å². The van der Waals surface area contributed by atoms with Crippen LogP contribution in [0.15, 0.2) is 36.4 Å². The first-order chi connectivity index (χ1) is 11.8. The molecule has 1 N–H and O–H groups in total. The van der Waals surface area contributed by atoms with Crippen molar-refractivity contribution in [2.45, 2.75) is 25.2 Å². The van der Waals surface area contributed by atoms with Crippen LogP contribution in [0.2, 0.25) is 0 Å². The Morgan fingerprint density at radius 2 is 1.92 bits per heavy atom. The van der Waals surface area contributed by atoms with E-state index in [1.807, 2.05) is 6.07 Å². The Labute approximate surface area is 170 Å². The second-order valence-corrected chi connectivity index (χ2v) is 7.67. The van der Waals surface area contributed by atoms with E-state index in [1.54, 1.807) is 11.3 Å². The number of halogens is 2. The molecule has 2 heterocycles. The summed E-state index contributed by atoms with van der Waals surface area (Å²) in [5.41, 5.74) is 1.05. The van der Waals surface area contributed by atoms with Gasteiger partial charge < -0.3 is 10.2 Å². The average Bonchev–Trinajstić information content (AvgIpc) is 2.87. The summed E-state index contributed by atoms with van der Waals surface area (Å²) < 4.78 is 1.22. The van der Waals surface area contributed by atoms with Gasteiger partial charge >= 0.3 is 0 Å². The number of hydrogen-bond donors (Lipinski definition) is 1. The summed E-state index contributed by atoms with van der Waals surface area (Å²) in [6, 6.07) is 8.26. The van der Waals surface area contributed by atoms with Crippen LogP contribution in [0.25, 0.3) is 10.2 Å². The normalized spacial score (nSPS) is 23.0. The van der Waals surface area contributed by atoms with Crippen LogP contribution in [0.5, 0.6) is 0 Å². The molecule has 7 heteroatoms. The summed E-state index contributed by atoms with van der Waals surface area (Å²) >= 11 is 1.75. The van der Waals surface area contributed by atoms with E-state index in [-0.39, 0.29) is 36.6 Å². The van der Waals surface area contributed by atoms with Gasteiger partial charge in [0, 0.05) is 25.6 Å². The van der Waals surface area contributed by atoms with E-state index in [9.17, 15) is 4.79 Å². The molecule has 1 aliphatic heterocycles. The number of carbonyl (C=O) groups is 1. The monoisotopic (exact) mass is 413 g/mol. The second-order valence-electron chi connectivity index (χ2n) is 6.60. The van der Waals surface area contributed by atoms with E-state index >= 15 is 0 Å². The first-order valence-electron chi connectivity index (χ1n) is 8.83. The minimum absolute atomic E-state index is 0. The van der Waals surface area contributed by atoms with Gasteiger partial charge in [-0.1, -0.05) is 24.3 Å². The number of nitrogens with one attached hydrogen (secondary N) is 1. The lowest BCUT2D eigenvalue weighted by Gasteiger charge is -2.31. The van der Waals surface area contributed by atoms with E-state index in [0.717, 1.165) is 56.0 Å². The van der Waals surface area contributed by atoms with Crippen molar-refractivity contribution < 1.29 is 4.79 Å². The molecule has 1 saturated heterocycles. The predicted molar refractivity (Wildman–Crippen MR) is 113 cm³/mol. The highest BCUT2D eigenvalue weighted by molar-refractivity contribution is 7.18. The fourth-order valence-electron chi connectivity index (χ4n) is 3.71. The van der Waals surface area contributed by atoms with E-state index in [1.165, 1.54) is 4.70 Å². The highest BCUT2D eigenvalue weighted by atomic mass is 35.5. The number of fused-ring (bicyclic) bond motifs is 1. The number of benzene rings is 1.